The van der Waals surface area contributed by atoms with Crippen LogP contribution in [0.25, 0.3) is 10.7 Å². The van der Waals surface area contributed by atoms with Gasteiger partial charge in [0.2, 0.25) is 0 Å². The molecule has 2 aromatic heterocycles. The number of thiophene rings is 1. The number of H-pyrrole nitrogens is 1. The van der Waals surface area contributed by atoms with Crippen molar-refractivity contribution in [3.63, 3.8) is 0 Å². The van der Waals surface area contributed by atoms with Crippen LogP contribution in [0.15, 0.2) is 11.4 Å². The van der Waals surface area contributed by atoms with Crippen molar-refractivity contribution in [2.24, 2.45) is 0 Å². The number of halogens is 1. The van der Waals surface area contributed by atoms with Crippen molar-refractivity contribution in [1.82, 2.24) is 14.8 Å². The van der Waals surface area contributed by atoms with E-state index in [1.807, 2.05) is 4.57 Å². The van der Waals surface area contributed by atoms with Gasteiger partial charge in [-0.1, -0.05) is 0 Å². The molecule has 14 heavy (non-hydrogen) atoms. The molecular weight excluding hydrogens is 329 g/mol. The average molecular weight is 337 g/mol. The number of nitrogens with zero attached hydrogens (tertiary/aromatic N) is 2. The first-order valence-corrected chi connectivity index (χ1v) is 6.49. The quantitative estimate of drug-likeness (QED) is 0.674. The Bertz CT molecular complexity index is 497. The van der Waals surface area contributed by atoms with Gasteiger partial charge in [-0.25, -0.2) is 0 Å². The summed E-state index contributed by atoms with van der Waals surface area (Å²) in [6.07, 6.45) is 0. The van der Waals surface area contributed by atoms with E-state index in [-0.39, 0.29) is 0 Å². The Kier molecular flexibility index (Phi) is 3.03. The summed E-state index contributed by atoms with van der Waals surface area (Å²) < 4.78 is 3.91. The third-order valence-corrected chi connectivity index (χ3v) is 4.38. The lowest BCUT2D eigenvalue weighted by atomic mass is 10.4. The lowest BCUT2D eigenvalue weighted by molar-refractivity contribution is 0.756. The molecule has 0 radical (unpaired) electrons. The van der Waals surface area contributed by atoms with E-state index in [4.69, 9.17) is 12.2 Å². The SMILES string of the molecule is CCn1c(-c2sccc2I)n[nH]c1=S. The number of rotatable bonds is 2. The summed E-state index contributed by atoms with van der Waals surface area (Å²) >= 11 is 9.14. The van der Waals surface area contributed by atoms with Gasteiger partial charge in [0.05, 0.1) is 4.88 Å². The second-order valence-corrected chi connectivity index (χ2v) is 5.16. The van der Waals surface area contributed by atoms with Crippen molar-refractivity contribution in [2.75, 3.05) is 0 Å². The zero-order chi connectivity index (χ0) is 10.1. The molecule has 0 fully saturated rings. The minimum atomic E-state index is 0.687. The summed E-state index contributed by atoms with van der Waals surface area (Å²) in [6, 6.07) is 2.08. The van der Waals surface area contributed by atoms with Crippen molar-refractivity contribution >= 4 is 46.1 Å². The molecule has 0 spiro atoms. The van der Waals surface area contributed by atoms with Gasteiger partial charge in [-0.15, -0.1) is 11.3 Å². The van der Waals surface area contributed by atoms with E-state index in [1.165, 1.54) is 8.45 Å². The largest absolute Gasteiger partial charge is 0.300 e. The van der Waals surface area contributed by atoms with E-state index in [9.17, 15) is 0 Å². The van der Waals surface area contributed by atoms with Gasteiger partial charge in [0.25, 0.3) is 0 Å². The summed E-state index contributed by atoms with van der Waals surface area (Å²) in [4.78, 5) is 1.18. The van der Waals surface area contributed by atoms with Gasteiger partial charge in [-0.2, -0.15) is 5.10 Å². The maximum Gasteiger partial charge on any atom is 0.195 e. The maximum atomic E-state index is 5.14. The molecule has 74 valence electrons. The van der Waals surface area contributed by atoms with Gasteiger partial charge in [0, 0.05) is 10.1 Å². The van der Waals surface area contributed by atoms with Crippen molar-refractivity contribution in [3.05, 3.63) is 19.8 Å². The molecule has 0 saturated heterocycles. The highest BCUT2D eigenvalue weighted by molar-refractivity contribution is 14.1. The van der Waals surface area contributed by atoms with Gasteiger partial charge in [-0.3, -0.25) is 9.67 Å². The van der Waals surface area contributed by atoms with Gasteiger partial charge in [0.1, 0.15) is 0 Å². The number of hydrogen-bond donors (Lipinski definition) is 1. The van der Waals surface area contributed by atoms with Gasteiger partial charge in [-0.05, 0) is 53.2 Å². The predicted molar refractivity (Wildman–Crippen MR) is 69.1 cm³/mol. The average Bonchev–Trinajstić information content (AvgIpc) is 2.71. The molecule has 2 aromatic rings. The van der Waals surface area contributed by atoms with Crippen LogP contribution >= 0.6 is 46.1 Å². The van der Waals surface area contributed by atoms with E-state index in [0.717, 1.165) is 12.4 Å². The van der Waals surface area contributed by atoms with Crippen LogP contribution in [-0.4, -0.2) is 14.8 Å². The Balaban J connectivity index is 2.63. The topological polar surface area (TPSA) is 33.6 Å². The highest BCUT2D eigenvalue weighted by atomic mass is 127. The molecule has 0 aliphatic heterocycles. The van der Waals surface area contributed by atoms with Gasteiger partial charge >= 0.3 is 0 Å². The molecule has 2 heterocycles. The van der Waals surface area contributed by atoms with E-state index in [0.29, 0.717) is 4.77 Å². The van der Waals surface area contributed by atoms with Crippen LogP contribution in [0, 0.1) is 8.34 Å². The van der Waals surface area contributed by atoms with Crippen LogP contribution in [0.5, 0.6) is 0 Å². The molecule has 1 N–H and O–H groups in total. The molecule has 0 saturated carbocycles. The van der Waals surface area contributed by atoms with Crippen molar-refractivity contribution < 1.29 is 0 Å². The Morgan fingerprint density at radius 2 is 2.50 bits per heavy atom. The van der Waals surface area contributed by atoms with E-state index in [1.54, 1.807) is 11.3 Å². The van der Waals surface area contributed by atoms with Crippen LogP contribution in [-0.2, 0) is 6.54 Å². The van der Waals surface area contributed by atoms with Crippen molar-refractivity contribution in [2.45, 2.75) is 13.5 Å². The fourth-order valence-electron chi connectivity index (χ4n) is 1.24. The lowest BCUT2D eigenvalue weighted by Gasteiger charge is -2.00. The fraction of sp³-hybridized carbons (Fsp3) is 0.250. The number of nitrogens with one attached hydrogen (secondary N) is 1. The van der Waals surface area contributed by atoms with Crippen LogP contribution < -0.4 is 0 Å². The first-order valence-electron chi connectivity index (χ1n) is 4.12. The highest BCUT2D eigenvalue weighted by Crippen LogP contribution is 2.29. The summed E-state index contributed by atoms with van der Waals surface area (Å²) in [5, 5.41) is 9.13. The zero-order valence-corrected chi connectivity index (χ0v) is 11.2. The molecular formula is C8H8IN3S2. The van der Waals surface area contributed by atoms with E-state index < -0.39 is 0 Å². The van der Waals surface area contributed by atoms with Crippen LogP contribution in [0.4, 0.5) is 0 Å². The lowest BCUT2D eigenvalue weighted by Crippen LogP contribution is -1.96. The Morgan fingerprint density at radius 3 is 3.07 bits per heavy atom. The Hall–Kier alpha value is -0.210. The molecule has 0 unspecified atom stereocenters. The molecule has 0 aliphatic carbocycles. The third kappa shape index (κ3) is 1.66. The fourth-order valence-corrected chi connectivity index (χ4v) is 3.33. The van der Waals surface area contributed by atoms with Crippen molar-refractivity contribution in [3.8, 4) is 10.7 Å². The second-order valence-electron chi connectivity index (χ2n) is 2.69. The normalized spacial score (nSPS) is 10.7. The minimum Gasteiger partial charge on any atom is -0.300 e. The summed E-state index contributed by atoms with van der Waals surface area (Å²) in [5.41, 5.74) is 0. The molecule has 0 aromatic carbocycles. The van der Waals surface area contributed by atoms with Gasteiger partial charge < -0.3 is 0 Å². The first kappa shape index (κ1) is 10.3. The van der Waals surface area contributed by atoms with Crippen LogP contribution in [0.1, 0.15) is 6.92 Å². The maximum absolute atomic E-state index is 5.14. The summed E-state index contributed by atoms with van der Waals surface area (Å²) in [6.45, 7) is 2.91. The first-order chi connectivity index (χ1) is 6.74. The minimum absolute atomic E-state index is 0.687. The predicted octanol–water partition coefficient (Wildman–Crippen LogP) is 3.29. The van der Waals surface area contributed by atoms with Crippen LogP contribution in [0.2, 0.25) is 0 Å². The highest BCUT2D eigenvalue weighted by Gasteiger charge is 2.11. The summed E-state index contributed by atoms with van der Waals surface area (Å²) in [7, 11) is 0. The van der Waals surface area contributed by atoms with E-state index >= 15 is 0 Å². The number of aromatic nitrogens is 3. The standard InChI is InChI=1S/C8H8IN3S2/c1-2-12-7(10-11-8(12)13)6-5(9)3-4-14-6/h3-4H,2H2,1H3,(H,11,13). The second kappa shape index (κ2) is 4.11. The van der Waals surface area contributed by atoms with Crippen molar-refractivity contribution in [1.29, 1.82) is 0 Å². The summed E-state index contributed by atoms with van der Waals surface area (Å²) in [5.74, 6) is 0.942. The number of aromatic amines is 1. The zero-order valence-electron chi connectivity index (χ0n) is 7.45. The van der Waals surface area contributed by atoms with Gasteiger partial charge in [0.15, 0.2) is 10.6 Å². The molecule has 0 aliphatic rings. The molecule has 3 nitrogen and oxygen atoms in total. The smallest absolute Gasteiger partial charge is 0.195 e. The molecule has 0 atom stereocenters. The molecule has 2 rings (SSSR count). The van der Waals surface area contributed by atoms with E-state index in [2.05, 4.69) is 51.2 Å². The molecule has 0 bridgehead atoms. The Labute approximate surface area is 104 Å². The third-order valence-electron chi connectivity index (χ3n) is 1.89. The molecule has 6 heteroatoms. The van der Waals surface area contributed by atoms with Crippen LogP contribution in [0.3, 0.4) is 0 Å². The molecule has 0 amide bonds. The Morgan fingerprint density at radius 1 is 1.71 bits per heavy atom. The monoisotopic (exact) mass is 337 g/mol. The number of hydrogen-bond acceptors (Lipinski definition) is 3.